The molecule has 3 N–H and O–H groups in total. The maximum absolute atomic E-state index is 12.7. The Morgan fingerprint density at radius 1 is 1.27 bits per heavy atom. The lowest BCUT2D eigenvalue weighted by molar-refractivity contribution is -0.138. The van der Waals surface area contributed by atoms with Crippen molar-refractivity contribution in [3.63, 3.8) is 0 Å². The number of halogens is 3. The minimum atomic E-state index is -4.63. The van der Waals surface area contributed by atoms with Crippen LogP contribution < -0.4 is 5.73 Å². The average Bonchev–Trinajstić information content (AvgIpc) is 2.76. The van der Waals surface area contributed by atoms with Crippen molar-refractivity contribution in [3.05, 3.63) is 35.9 Å². The number of imidazole rings is 1. The Labute approximate surface area is 122 Å². The second-order valence-electron chi connectivity index (χ2n) is 4.64. The lowest BCUT2D eigenvalue weighted by atomic mass is 10.1. The van der Waals surface area contributed by atoms with Gasteiger partial charge in [0.05, 0.1) is 5.56 Å². The van der Waals surface area contributed by atoms with Gasteiger partial charge in [-0.15, -0.1) is 0 Å². The zero-order valence-corrected chi connectivity index (χ0v) is 11.3. The first kappa shape index (κ1) is 14.1. The molecule has 0 atom stereocenters. The Morgan fingerprint density at radius 3 is 2.64 bits per heavy atom. The van der Waals surface area contributed by atoms with Gasteiger partial charge in [0.1, 0.15) is 29.1 Å². The number of rotatable bonds is 1. The number of nitrogens with two attached hydrogens (primary N) is 1. The van der Waals surface area contributed by atoms with Gasteiger partial charge in [0.25, 0.3) is 0 Å². The van der Waals surface area contributed by atoms with Crippen LogP contribution in [0.5, 0.6) is 5.75 Å². The van der Waals surface area contributed by atoms with E-state index in [-0.39, 0.29) is 11.4 Å². The number of aromatic hydroxyl groups is 1. The van der Waals surface area contributed by atoms with Crippen molar-refractivity contribution in [2.75, 3.05) is 5.73 Å². The molecule has 114 valence electrons. The van der Waals surface area contributed by atoms with Gasteiger partial charge in [-0.05, 0) is 19.1 Å². The number of nitrogen functional groups attached to an aromatic ring is 1. The molecule has 0 fully saturated rings. The summed E-state index contributed by atoms with van der Waals surface area (Å²) < 4.78 is 39.5. The summed E-state index contributed by atoms with van der Waals surface area (Å²) in [6, 6.07) is 3.01. The average molecular weight is 309 g/mol. The van der Waals surface area contributed by atoms with Crippen LogP contribution in [-0.2, 0) is 6.18 Å². The van der Waals surface area contributed by atoms with Crippen LogP contribution in [-0.4, -0.2) is 24.7 Å². The molecule has 0 saturated heterocycles. The fraction of sp³-hybridized carbons (Fsp3) is 0.154. The molecule has 0 aliphatic heterocycles. The Bertz CT molecular complexity index is 872. The lowest BCUT2D eigenvalue weighted by Gasteiger charge is -2.09. The predicted octanol–water partition coefficient (Wildman–Crippen LogP) is 2.41. The van der Waals surface area contributed by atoms with Gasteiger partial charge in [-0.2, -0.15) is 18.3 Å². The van der Waals surface area contributed by atoms with E-state index >= 15 is 0 Å². The van der Waals surface area contributed by atoms with Gasteiger partial charge in [-0.1, -0.05) is 6.07 Å². The van der Waals surface area contributed by atoms with Crippen molar-refractivity contribution in [1.82, 2.24) is 19.6 Å². The van der Waals surface area contributed by atoms with Crippen molar-refractivity contribution in [1.29, 1.82) is 0 Å². The lowest BCUT2D eigenvalue weighted by Crippen LogP contribution is -2.05. The molecule has 3 rings (SSSR count). The van der Waals surface area contributed by atoms with Crippen LogP contribution in [0.25, 0.3) is 16.8 Å². The van der Waals surface area contributed by atoms with E-state index in [1.165, 1.54) is 16.9 Å². The van der Waals surface area contributed by atoms with Gasteiger partial charge in [-0.3, -0.25) is 0 Å². The van der Waals surface area contributed by atoms with E-state index in [0.717, 1.165) is 12.1 Å². The standard InChI is InChI=1S/C13H10F3N5O/c1-6-20-10(11-12(17)18-5-19-21(6)11)7-2-3-8(9(22)4-7)13(14,15)16/h2-5,22H,1H3,(H2,17,18,19). The fourth-order valence-electron chi connectivity index (χ4n) is 2.22. The molecule has 0 spiro atoms. The number of aryl methyl sites for hydroxylation is 1. The van der Waals surface area contributed by atoms with Crippen molar-refractivity contribution < 1.29 is 18.3 Å². The Kier molecular flexibility index (Phi) is 2.94. The minimum absolute atomic E-state index is 0.144. The van der Waals surface area contributed by atoms with Gasteiger partial charge in [-0.25, -0.2) is 14.5 Å². The van der Waals surface area contributed by atoms with E-state index in [4.69, 9.17) is 5.73 Å². The molecule has 3 aromatic rings. The van der Waals surface area contributed by atoms with Crippen LogP contribution in [0.3, 0.4) is 0 Å². The second-order valence-corrected chi connectivity index (χ2v) is 4.64. The van der Waals surface area contributed by atoms with Gasteiger partial charge in [0.2, 0.25) is 0 Å². The number of phenolic OH excluding ortho intramolecular Hbond substituents is 1. The van der Waals surface area contributed by atoms with Gasteiger partial charge in [0, 0.05) is 5.56 Å². The molecular weight excluding hydrogens is 299 g/mol. The number of benzene rings is 1. The van der Waals surface area contributed by atoms with E-state index in [9.17, 15) is 18.3 Å². The number of alkyl halides is 3. The third kappa shape index (κ3) is 2.10. The summed E-state index contributed by atoms with van der Waals surface area (Å²) in [4.78, 5) is 8.09. The highest BCUT2D eigenvalue weighted by molar-refractivity contribution is 5.85. The fourth-order valence-corrected chi connectivity index (χ4v) is 2.22. The molecule has 2 aromatic heterocycles. The summed E-state index contributed by atoms with van der Waals surface area (Å²) in [7, 11) is 0. The molecule has 22 heavy (non-hydrogen) atoms. The van der Waals surface area contributed by atoms with Crippen LogP contribution in [0, 0.1) is 6.92 Å². The third-order valence-electron chi connectivity index (χ3n) is 3.20. The Hall–Kier alpha value is -2.84. The van der Waals surface area contributed by atoms with Crippen LogP contribution >= 0.6 is 0 Å². The molecule has 0 amide bonds. The first-order valence-electron chi connectivity index (χ1n) is 6.15. The van der Waals surface area contributed by atoms with Gasteiger partial charge in [0.15, 0.2) is 5.82 Å². The zero-order valence-electron chi connectivity index (χ0n) is 11.3. The molecule has 0 saturated carbocycles. The number of fused-ring (bicyclic) bond motifs is 1. The maximum atomic E-state index is 12.7. The van der Waals surface area contributed by atoms with Gasteiger partial charge < -0.3 is 10.8 Å². The van der Waals surface area contributed by atoms with Crippen molar-refractivity contribution >= 4 is 11.3 Å². The minimum Gasteiger partial charge on any atom is -0.507 e. The topological polar surface area (TPSA) is 89.3 Å². The molecule has 0 aliphatic rings. The molecule has 6 nitrogen and oxygen atoms in total. The smallest absolute Gasteiger partial charge is 0.419 e. The first-order valence-corrected chi connectivity index (χ1v) is 6.15. The van der Waals surface area contributed by atoms with Crippen molar-refractivity contribution in [2.45, 2.75) is 13.1 Å². The molecule has 0 aliphatic carbocycles. The number of hydrogen-bond donors (Lipinski definition) is 2. The maximum Gasteiger partial charge on any atom is 0.419 e. The first-order chi connectivity index (χ1) is 10.3. The number of anilines is 1. The summed E-state index contributed by atoms with van der Waals surface area (Å²) in [6.07, 6.45) is -3.37. The van der Waals surface area contributed by atoms with Crippen LogP contribution in [0.15, 0.2) is 24.5 Å². The highest BCUT2D eigenvalue weighted by Gasteiger charge is 2.34. The van der Waals surface area contributed by atoms with E-state index in [2.05, 4.69) is 15.1 Å². The summed E-state index contributed by atoms with van der Waals surface area (Å²) in [5.41, 5.74) is 5.65. The van der Waals surface area contributed by atoms with E-state index < -0.39 is 17.5 Å². The number of aromatic nitrogens is 4. The number of nitrogens with zero attached hydrogens (tertiary/aromatic N) is 4. The quantitative estimate of drug-likeness (QED) is 0.720. The SMILES string of the molecule is Cc1nc(-c2ccc(C(F)(F)F)c(O)c2)c2c(N)ncnn12. The van der Waals surface area contributed by atoms with Crippen LogP contribution in [0.2, 0.25) is 0 Å². The largest absolute Gasteiger partial charge is 0.507 e. The summed E-state index contributed by atoms with van der Waals surface area (Å²) >= 11 is 0. The number of hydrogen-bond acceptors (Lipinski definition) is 5. The van der Waals surface area contributed by atoms with Crippen LogP contribution in [0.1, 0.15) is 11.4 Å². The highest BCUT2D eigenvalue weighted by atomic mass is 19.4. The molecule has 0 unspecified atom stereocenters. The second kappa shape index (κ2) is 4.58. The molecule has 0 bridgehead atoms. The normalized spacial score (nSPS) is 12.0. The van der Waals surface area contributed by atoms with Crippen LogP contribution in [0.4, 0.5) is 19.0 Å². The molecule has 2 heterocycles. The summed E-state index contributed by atoms with van der Waals surface area (Å²) in [6.45, 7) is 1.67. The number of phenols is 1. The zero-order chi connectivity index (χ0) is 16.1. The van der Waals surface area contributed by atoms with E-state index in [1.807, 2.05) is 0 Å². The van der Waals surface area contributed by atoms with E-state index in [0.29, 0.717) is 17.0 Å². The highest BCUT2D eigenvalue weighted by Crippen LogP contribution is 2.38. The summed E-state index contributed by atoms with van der Waals surface area (Å²) in [5, 5.41) is 13.6. The summed E-state index contributed by atoms with van der Waals surface area (Å²) in [5.74, 6) is -0.234. The Morgan fingerprint density at radius 2 is 2.00 bits per heavy atom. The van der Waals surface area contributed by atoms with E-state index in [1.54, 1.807) is 6.92 Å². The van der Waals surface area contributed by atoms with Crippen molar-refractivity contribution in [2.24, 2.45) is 0 Å². The third-order valence-corrected chi connectivity index (χ3v) is 3.20. The molecule has 0 radical (unpaired) electrons. The monoisotopic (exact) mass is 309 g/mol. The predicted molar refractivity (Wildman–Crippen MR) is 72.0 cm³/mol. The molecule has 9 heteroatoms. The van der Waals surface area contributed by atoms with Crippen molar-refractivity contribution in [3.8, 4) is 17.0 Å². The Balaban J connectivity index is 2.23. The van der Waals surface area contributed by atoms with Gasteiger partial charge >= 0.3 is 6.18 Å². The molecule has 1 aromatic carbocycles. The molecular formula is C13H10F3N5O.